The molecule has 0 amide bonds. The first-order valence-electron chi connectivity index (χ1n) is 4.10. The summed E-state index contributed by atoms with van der Waals surface area (Å²) in [5, 5.41) is 0. The fourth-order valence-electron chi connectivity index (χ4n) is 1.36. The van der Waals surface area contributed by atoms with Gasteiger partial charge in [0.25, 0.3) is 11.5 Å². The zero-order valence-electron chi connectivity index (χ0n) is 7.80. The van der Waals surface area contributed by atoms with Crippen LogP contribution in [0.5, 0.6) is 0 Å². The lowest BCUT2D eigenvalue weighted by Crippen LogP contribution is -2.61. The van der Waals surface area contributed by atoms with Gasteiger partial charge in [-0.2, -0.15) is 17.6 Å². The van der Waals surface area contributed by atoms with Gasteiger partial charge >= 0.3 is 12.0 Å². The third-order valence-corrected chi connectivity index (χ3v) is 2.40. The first-order chi connectivity index (χ1) is 7.50. The van der Waals surface area contributed by atoms with Crippen LogP contribution in [0, 0.1) is 0 Å². The number of ether oxygens (including phenoxy) is 1. The summed E-state index contributed by atoms with van der Waals surface area (Å²) < 4.78 is 116. The highest BCUT2D eigenvalue weighted by atomic mass is 19.3. The van der Waals surface area contributed by atoms with Crippen LogP contribution in [0.2, 0.25) is 0 Å². The van der Waals surface area contributed by atoms with Gasteiger partial charge in [0, 0.05) is 0 Å². The molecule has 1 heterocycles. The highest BCUT2D eigenvalue weighted by molar-refractivity contribution is 5.16. The molecule has 0 saturated carbocycles. The Balaban J connectivity index is 3.36. The molecule has 0 N–H and O–H groups in total. The molecule has 3 unspecified atom stereocenters. The minimum Gasteiger partial charge on any atom is -0.271 e. The second-order valence-electron chi connectivity index (χ2n) is 3.39. The molecular weight excluding hydrogens is 271 g/mol. The average molecular weight is 276 g/mol. The van der Waals surface area contributed by atoms with E-state index in [1.54, 1.807) is 0 Å². The lowest BCUT2D eigenvalue weighted by Gasteiger charge is -2.31. The van der Waals surface area contributed by atoms with E-state index >= 15 is 0 Å². The van der Waals surface area contributed by atoms with Crippen LogP contribution in [0.1, 0.15) is 0 Å². The fraction of sp³-hybridized carbons (Fsp3) is 1.00. The molecule has 0 bridgehead atoms. The van der Waals surface area contributed by atoms with E-state index in [0.717, 1.165) is 0 Å². The zero-order valence-corrected chi connectivity index (χ0v) is 7.80. The van der Waals surface area contributed by atoms with Crippen LogP contribution in [-0.4, -0.2) is 43.1 Å². The zero-order chi connectivity index (χ0) is 13.7. The van der Waals surface area contributed by atoms with Gasteiger partial charge in [0.15, 0.2) is 6.17 Å². The summed E-state index contributed by atoms with van der Waals surface area (Å²) in [4.78, 5) is 0. The Hall–Kier alpha value is -0.670. The molecule has 1 aliphatic heterocycles. The summed E-state index contributed by atoms with van der Waals surface area (Å²) in [5.41, 5.74) is -5.31. The molecule has 1 aliphatic rings. The van der Waals surface area contributed by atoms with Crippen LogP contribution in [0.3, 0.4) is 0 Å². The van der Waals surface area contributed by atoms with Gasteiger partial charge in [0.05, 0.1) is 0 Å². The molecule has 0 radical (unpaired) electrons. The molecule has 10 heteroatoms. The van der Waals surface area contributed by atoms with Crippen LogP contribution in [0.4, 0.5) is 39.5 Å². The normalized spacial score (nSPS) is 41.5. The van der Waals surface area contributed by atoms with Gasteiger partial charge in [-0.1, -0.05) is 0 Å². The highest BCUT2D eigenvalue weighted by Crippen LogP contribution is 2.61. The SMILES string of the molecule is FCC(F)C1(F)OC(F)(F)C(F)(F)C1(F)CF. The summed E-state index contributed by atoms with van der Waals surface area (Å²) in [6.07, 6.45) is -9.61. The van der Waals surface area contributed by atoms with Crippen molar-refractivity contribution in [3.63, 3.8) is 0 Å². The van der Waals surface area contributed by atoms with Gasteiger partial charge in [-0.3, -0.25) is 4.74 Å². The predicted molar refractivity (Wildman–Crippen MR) is 35.5 cm³/mol. The van der Waals surface area contributed by atoms with Crippen molar-refractivity contribution in [3.8, 4) is 0 Å². The van der Waals surface area contributed by atoms with Crippen molar-refractivity contribution in [2.75, 3.05) is 13.3 Å². The summed E-state index contributed by atoms with van der Waals surface area (Å²) in [7, 11) is 0. The molecule has 17 heavy (non-hydrogen) atoms. The summed E-state index contributed by atoms with van der Waals surface area (Å²) in [6.45, 7) is -5.44. The third kappa shape index (κ3) is 1.45. The summed E-state index contributed by atoms with van der Waals surface area (Å²) >= 11 is 0. The van der Waals surface area contributed by atoms with Crippen LogP contribution >= 0.6 is 0 Å². The molecular formula is C7H5F9O. The van der Waals surface area contributed by atoms with Crippen LogP contribution in [0.15, 0.2) is 0 Å². The monoisotopic (exact) mass is 276 g/mol. The number of halogens is 9. The Labute approximate surface area is 88.5 Å². The standard InChI is InChI=1S/C7H5F9O/c8-1-3(10)5(12)4(11,2-9)6(13,14)7(15,16)17-5/h3H,1-2H2. The molecule has 1 rings (SSSR count). The van der Waals surface area contributed by atoms with Gasteiger partial charge in [-0.15, -0.1) is 0 Å². The molecule has 0 aromatic carbocycles. The number of rotatable bonds is 3. The number of hydrogen-bond donors (Lipinski definition) is 0. The Morgan fingerprint density at radius 2 is 1.41 bits per heavy atom. The van der Waals surface area contributed by atoms with Gasteiger partial charge < -0.3 is 0 Å². The minimum absolute atomic E-state index is 2.44. The molecule has 1 saturated heterocycles. The molecule has 0 aromatic heterocycles. The molecule has 0 aliphatic carbocycles. The first-order valence-corrected chi connectivity index (χ1v) is 4.10. The highest BCUT2D eigenvalue weighted by Gasteiger charge is 2.89. The number of hydrogen-bond acceptors (Lipinski definition) is 1. The predicted octanol–water partition coefficient (Wildman–Crippen LogP) is 2.90. The van der Waals surface area contributed by atoms with Crippen LogP contribution in [-0.2, 0) is 4.74 Å². The molecule has 1 fully saturated rings. The van der Waals surface area contributed by atoms with Gasteiger partial charge in [-0.25, -0.2) is 22.0 Å². The van der Waals surface area contributed by atoms with E-state index in [9.17, 15) is 39.5 Å². The maximum Gasteiger partial charge on any atom is 0.425 e. The first kappa shape index (κ1) is 14.4. The van der Waals surface area contributed by atoms with E-state index in [1.807, 2.05) is 0 Å². The Morgan fingerprint density at radius 3 is 1.76 bits per heavy atom. The topological polar surface area (TPSA) is 9.23 Å². The molecule has 3 atom stereocenters. The molecule has 1 nitrogen and oxygen atoms in total. The van der Waals surface area contributed by atoms with Crippen LogP contribution in [0.25, 0.3) is 0 Å². The van der Waals surface area contributed by atoms with E-state index in [2.05, 4.69) is 4.74 Å². The van der Waals surface area contributed by atoms with Gasteiger partial charge in [0.2, 0.25) is 0 Å². The van der Waals surface area contributed by atoms with Gasteiger partial charge in [0.1, 0.15) is 13.3 Å². The smallest absolute Gasteiger partial charge is 0.271 e. The average Bonchev–Trinajstić information content (AvgIpc) is 2.34. The van der Waals surface area contributed by atoms with E-state index in [-0.39, 0.29) is 0 Å². The largest absolute Gasteiger partial charge is 0.425 e. The third-order valence-electron chi connectivity index (χ3n) is 2.40. The molecule has 0 aromatic rings. The second-order valence-corrected chi connectivity index (χ2v) is 3.39. The van der Waals surface area contributed by atoms with E-state index in [0.29, 0.717) is 0 Å². The van der Waals surface area contributed by atoms with Crippen LogP contribution < -0.4 is 0 Å². The number of alkyl halides is 9. The minimum atomic E-state index is -5.97. The van der Waals surface area contributed by atoms with Crippen molar-refractivity contribution in [1.82, 2.24) is 0 Å². The van der Waals surface area contributed by atoms with E-state index in [1.165, 1.54) is 0 Å². The fourth-order valence-corrected chi connectivity index (χ4v) is 1.36. The lowest BCUT2D eigenvalue weighted by molar-refractivity contribution is -0.344. The van der Waals surface area contributed by atoms with E-state index < -0.39 is 43.1 Å². The summed E-state index contributed by atoms with van der Waals surface area (Å²) in [5.74, 6) is -11.1. The van der Waals surface area contributed by atoms with Crippen molar-refractivity contribution in [3.05, 3.63) is 0 Å². The van der Waals surface area contributed by atoms with E-state index in [4.69, 9.17) is 0 Å². The van der Waals surface area contributed by atoms with Crippen molar-refractivity contribution in [2.45, 2.75) is 29.7 Å². The Morgan fingerprint density at radius 1 is 0.941 bits per heavy atom. The van der Waals surface area contributed by atoms with Crippen molar-refractivity contribution < 1.29 is 44.3 Å². The molecule has 0 spiro atoms. The second kappa shape index (κ2) is 3.66. The van der Waals surface area contributed by atoms with Crippen molar-refractivity contribution in [1.29, 1.82) is 0 Å². The van der Waals surface area contributed by atoms with Gasteiger partial charge in [-0.05, 0) is 0 Å². The Kier molecular flexibility index (Phi) is 3.10. The lowest BCUT2D eigenvalue weighted by atomic mass is 9.90. The maximum absolute atomic E-state index is 13.3. The summed E-state index contributed by atoms with van der Waals surface area (Å²) in [6, 6.07) is 0. The maximum atomic E-state index is 13.3. The van der Waals surface area contributed by atoms with Crippen molar-refractivity contribution >= 4 is 0 Å². The quantitative estimate of drug-likeness (QED) is 0.720. The molecule has 102 valence electrons. The van der Waals surface area contributed by atoms with Crippen molar-refractivity contribution in [2.24, 2.45) is 0 Å². The Bertz CT molecular complexity index is 308.